The second-order valence-corrected chi connectivity index (χ2v) is 12.6. The summed E-state index contributed by atoms with van der Waals surface area (Å²) in [6.07, 6.45) is 0. The first-order chi connectivity index (χ1) is 19.3. The number of nitrogens with zero attached hydrogens (tertiary/aromatic N) is 3. The molecule has 0 radical (unpaired) electrons. The molecule has 2 N–H and O–H groups in total. The fraction of sp³-hybridized carbons (Fsp3) is 0.0357. The Morgan fingerprint density at radius 3 is 1.98 bits per heavy atom. The molecular weight excluding hydrogens is 570 g/mol. The molecule has 0 aliphatic heterocycles. The lowest BCUT2D eigenvalue weighted by Crippen LogP contribution is -2.32. The van der Waals surface area contributed by atoms with Gasteiger partial charge in [-0.05, 0) is 61.0 Å². The van der Waals surface area contributed by atoms with Gasteiger partial charge in [-0.1, -0.05) is 18.7 Å². The fourth-order valence-corrected chi connectivity index (χ4v) is 6.61. The third-order valence-corrected chi connectivity index (χ3v) is 9.19. The summed E-state index contributed by atoms with van der Waals surface area (Å²) in [6, 6.07) is 14.1. The molecule has 0 bridgehead atoms. The first kappa shape index (κ1) is 25.3. The Balaban J connectivity index is 1.65. The summed E-state index contributed by atoms with van der Waals surface area (Å²) in [7, 11) is -9.07. The van der Waals surface area contributed by atoms with Gasteiger partial charge in [-0.15, -0.1) is 0 Å². The summed E-state index contributed by atoms with van der Waals surface area (Å²) in [6.45, 7) is 5.81. The number of aromatic nitrogens is 3. The number of rotatable bonds is 3. The number of fused-ring (bicyclic) bond motifs is 4. The predicted molar refractivity (Wildman–Crippen MR) is 153 cm³/mol. The largest absolute Gasteiger partial charge is 0.294 e. The summed E-state index contributed by atoms with van der Waals surface area (Å²) >= 11 is 0. The smallest absolute Gasteiger partial charge is 0.282 e. The molecule has 41 heavy (non-hydrogen) atoms. The van der Waals surface area contributed by atoms with Gasteiger partial charge in [-0.25, -0.2) is 4.98 Å². The summed E-state index contributed by atoms with van der Waals surface area (Å²) < 4.78 is 68.8. The van der Waals surface area contributed by atoms with Crippen LogP contribution in [-0.4, -0.2) is 39.9 Å². The fourth-order valence-electron chi connectivity index (χ4n) is 5.61. The summed E-state index contributed by atoms with van der Waals surface area (Å²) in [5.74, 6) is 0. The number of benzene rings is 4. The van der Waals surface area contributed by atoms with Crippen molar-refractivity contribution in [3.8, 4) is 5.69 Å². The molecule has 0 fully saturated rings. The van der Waals surface area contributed by atoms with Crippen LogP contribution in [0.25, 0.3) is 61.3 Å². The lowest BCUT2D eigenvalue weighted by Gasteiger charge is -2.17. The van der Waals surface area contributed by atoms with Crippen LogP contribution in [0.3, 0.4) is 0 Å². The van der Waals surface area contributed by atoms with Crippen LogP contribution < -0.4 is 16.5 Å². The predicted octanol–water partition coefficient (Wildman–Crippen LogP) is 2.83. The quantitative estimate of drug-likeness (QED) is 0.234. The van der Waals surface area contributed by atoms with Crippen molar-refractivity contribution < 1.29 is 25.9 Å². The third-order valence-electron chi connectivity index (χ3n) is 7.49. The van der Waals surface area contributed by atoms with Gasteiger partial charge in [0.25, 0.3) is 31.4 Å². The second kappa shape index (κ2) is 7.95. The molecule has 0 spiro atoms. The maximum Gasteiger partial charge on any atom is 0.294 e. The van der Waals surface area contributed by atoms with Crippen molar-refractivity contribution in [2.24, 2.45) is 0 Å². The molecule has 204 valence electrons. The third kappa shape index (κ3) is 3.40. The van der Waals surface area contributed by atoms with Crippen LogP contribution in [0.2, 0.25) is 0 Å². The van der Waals surface area contributed by atoms with E-state index in [1.807, 2.05) is 0 Å². The van der Waals surface area contributed by atoms with Gasteiger partial charge in [-0.2, -0.15) is 16.8 Å². The van der Waals surface area contributed by atoms with Gasteiger partial charge in [0.1, 0.15) is 5.65 Å². The molecule has 0 amide bonds. The van der Waals surface area contributed by atoms with Crippen molar-refractivity contribution in [3.05, 3.63) is 92.3 Å². The Labute approximate surface area is 230 Å². The standard InChI is InChI=1S/C28H17N3O8S2/c1-13-3-4-15(40(34,35)36)11-22(13)30-14(2)17-6-8-20-25-18(7-9-19(24(17)25)27(30)32)26-29-21-10-5-16(41(37,38)39)12-23(21)31(26)28(20)33/h3-12H,2H2,1H3,(H,34,35,36)(H,37,38,39). The van der Waals surface area contributed by atoms with E-state index in [0.717, 1.165) is 0 Å². The van der Waals surface area contributed by atoms with E-state index < -0.39 is 31.4 Å². The van der Waals surface area contributed by atoms with E-state index in [4.69, 9.17) is 0 Å². The molecule has 0 saturated heterocycles. The van der Waals surface area contributed by atoms with Crippen molar-refractivity contribution >= 4 is 75.8 Å². The molecule has 11 nitrogen and oxygen atoms in total. The summed E-state index contributed by atoms with van der Waals surface area (Å²) in [4.78, 5) is 31.5. The molecule has 0 aliphatic carbocycles. The molecule has 0 saturated carbocycles. The normalized spacial score (nSPS) is 13.0. The van der Waals surface area contributed by atoms with Gasteiger partial charge >= 0.3 is 0 Å². The number of hydrogen-bond acceptors (Lipinski definition) is 7. The van der Waals surface area contributed by atoms with Gasteiger partial charge in [0.15, 0.2) is 0 Å². The minimum atomic E-state index is -4.54. The van der Waals surface area contributed by atoms with Gasteiger partial charge in [0.05, 0.1) is 26.5 Å². The highest BCUT2D eigenvalue weighted by Gasteiger charge is 2.23. The van der Waals surface area contributed by atoms with Crippen molar-refractivity contribution in [3.63, 3.8) is 0 Å². The van der Waals surface area contributed by atoms with Gasteiger partial charge in [-0.3, -0.25) is 27.7 Å². The first-order valence-electron chi connectivity index (χ1n) is 12.0. The Bertz CT molecular complexity index is 2680. The van der Waals surface area contributed by atoms with E-state index in [1.54, 1.807) is 31.2 Å². The highest BCUT2D eigenvalue weighted by Crippen LogP contribution is 2.34. The minimum absolute atomic E-state index is 0.194. The molecule has 4 aromatic carbocycles. The molecule has 3 aromatic heterocycles. The average Bonchev–Trinajstić information content (AvgIpc) is 3.29. The summed E-state index contributed by atoms with van der Waals surface area (Å²) in [5.41, 5.74) is 0.551. The number of hydrogen-bond donors (Lipinski definition) is 2. The molecular formula is C28H17N3O8S2. The maximum atomic E-state index is 13.9. The first-order valence-corrected chi connectivity index (χ1v) is 14.9. The number of imidazole rings is 1. The highest BCUT2D eigenvalue weighted by molar-refractivity contribution is 7.86. The van der Waals surface area contributed by atoms with E-state index in [9.17, 15) is 35.5 Å². The Morgan fingerprint density at radius 2 is 1.29 bits per heavy atom. The van der Waals surface area contributed by atoms with Crippen molar-refractivity contribution in [2.45, 2.75) is 16.7 Å². The van der Waals surface area contributed by atoms with Crippen LogP contribution in [0.1, 0.15) is 5.56 Å². The van der Waals surface area contributed by atoms with Crippen molar-refractivity contribution in [2.75, 3.05) is 0 Å². The zero-order valence-electron chi connectivity index (χ0n) is 21.0. The van der Waals surface area contributed by atoms with Crippen molar-refractivity contribution in [1.29, 1.82) is 0 Å². The van der Waals surface area contributed by atoms with Crippen LogP contribution in [0.15, 0.2) is 80.0 Å². The molecule has 0 atom stereocenters. The van der Waals surface area contributed by atoms with E-state index in [1.165, 1.54) is 45.4 Å². The molecule has 7 rings (SSSR count). The molecule has 3 heterocycles. The Morgan fingerprint density at radius 1 is 0.732 bits per heavy atom. The second-order valence-electron chi connectivity index (χ2n) is 9.78. The van der Waals surface area contributed by atoms with Crippen molar-refractivity contribution in [1.82, 2.24) is 14.0 Å². The van der Waals surface area contributed by atoms with Crippen LogP contribution in [0, 0.1) is 6.92 Å². The molecule has 13 heteroatoms. The SMILES string of the molecule is C=c1c2ccc3c(=O)n4c5cc(S(=O)(=O)O)ccc5nc4c4ccc(c(=O)n1-c1cc(S(=O)(=O)O)ccc1C)c2c34. The molecule has 0 aliphatic rings. The zero-order chi connectivity index (χ0) is 29.2. The average molecular weight is 588 g/mol. The monoisotopic (exact) mass is 587 g/mol. The molecule has 0 unspecified atom stereocenters. The van der Waals surface area contributed by atoms with E-state index >= 15 is 0 Å². The van der Waals surface area contributed by atoms with Crippen LogP contribution >= 0.6 is 0 Å². The van der Waals surface area contributed by atoms with E-state index in [-0.39, 0.29) is 42.8 Å². The highest BCUT2D eigenvalue weighted by atomic mass is 32.2. The zero-order valence-corrected chi connectivity index (χ0v) is 22.6. The number of pyridine rings is 2. The summed E-state index contributed by atoms with van der Waals surface area (Å²) in [5, 5.41) is 2.75. The van der Waals surface area contributed by atoms with E-state index in [0.29, 0.717) is 32.6 Å². The van der Waals surface area contributed by atoms with Crippen LogP contribution in [0.5, 0.6) is 0 Å². The Kier molecular flexibility index (Phi) is 4.90. The van der Waals surface area contributed by atoms with Crippen LogP contribution in [0.4, 0.5) is 0 Å². The van der Waals surface area contributed by atoms with Gasteiger partial charge in [0, 0.05) is 37.7 Å². The van der Waals surface area contributed by atoms with E-state index in [2.05, 4.69) is 11.6 Å². The minimum Gasteiger partial charge on any atom is -0.282 e. The van der Waals surface area contributed by atoms with Crippen LogP contribution in [-0.2, 0) is 20.2 Å². The van der Waals surface area contributed by atoms with Gasteiger partial charge < -0.3 is 0 Å². The topological polar surface area (TPSA) is 165 Å². The lowest BCUT2D eigenvalue weighted by molar-refractivity contribution is 0.481. The number of aryl methyl sites for hydroxylation is 1. The van der Waals surface area contributed by atoms with Gasteiger partial charge in [0.2, 0.25) is 0 Å². The Hall–Kier alpha value is -4.69. The molecule has 7 aromatic rings. The maximum absolute atomic E-state index is 13.9. The lowest BCUT2D eigenvalue weighted by atomic mass is 9.96.